The Balaban J connectivity index is 0.00000144. The predicted molar refractivity (Wildman–Crippen MR) is 74.0 cm³/mol. The molecule has 0 amide bonds. The number of hydrogen-bond donors (Lipinski definition) is 0. The van der Waals surface area contributed by atoms with Gasteiger partial charge in [-0.15, -0.1) is 12.4 Å². The molecule has 1 saturated heterocycles. The SMILES string of the molecule is Cc1oc(C(C)C)c(CN2CCCC2)c1C.Cl. The maximum atomic E-state index is 5.89. The van der Waals surface area contributed by atoms with Crippen molar-refractivity contribution in [3.05, 3.63) is 22.6 Å². The minimum Gasteiger partial charge on any atom is -0.465 e. The van der Waals surface area contributed by atoms with E-state index in [0.29, 0.717) is 5.92 Å². The molecule has 1 aliphatic heterocycles. The first kappa shape index (κ1) is 14.6. The van der Waals surface area contributed by atoms with Crippen LogP contribution < -0.4 is 0 Å². The summed E-state index contributed by atoms with van der Waals surface area (Å²) in [6.45, 7) is 12.3. The van der Waals surface area contributed by atoms with Crippen LogP contribution in [0.1, 0.15) is 55.3 Å². The van der Waals surface area contributed by atoms with Gasteiger partial charge in [0.05, 0.1) is 0 Å². The lowest BCUT2D eigenvalue weighted by atomic mass is 10.0. The molecule has 1 aromatic heterocycles. The summed E-state index contributed by atoms with van der Waals surface area (Å²) in [7, 11) is 0. The van der Waals surface area contributed by atoms with E-state index in [2.05, 4.69) is 32.6 Å². The maximum Gasteiger partial charge on any atom is 0.111 e. The Morgan fingerprint density at radius 1 is 1.18 bits per heavy atom. The highest BCUT2D eigenvalue weighted by atomic mass is 35.5. The number of likely N-dealkylation sites (tertiary alicyclic amines) is 1. The van der Waals surface area contributed by atoms with Gasteiger partial charge in [-0.1, -0.05) is 13.8 Å². The largest absolute Gasteiger partial charge is 0.465 e. The van der Waals surface area contributed by atoms with Crippen molar-refractivity contribution in [1.29, 1.82) is 0 Å². The zero-order chi connectivity index (χ0) is 11.7. The fourth-order valence-electron chi connectivity index (χ4n) is 2.53. The number of nitrogens with zero attached hydrogens (tertiary/aromatic N) is 1. The molecule has 2 nitrogen and oxygen atoms in total. The van der Waals surface area contributed by atoms with E-state index in [4.69, 9.17) is 4.42 Å². The molecule has 0 N–H and O–H groups in total. The third kappa shape index (κ3) is 3.05. The quantitative estimate of drug-likeness (QED) is 0.813. The van der Waals surface area contributed by atoms with Crippen molar-refractivity contribution >= 4 is 12.4 Å². The molecular weight excluding hydrogens is 234 g/mol. The highest BCUT2D eigenvalue weighted by Crippen LogP contribution is 2.29. The highest BCUT2D eigenvalue weighted by molar-refractivity contribution is 5.85. The van der Waals surface area contributed by atoms with Gasteiger partial charge in [0.2, 0.25) is 0 Å². The van der Waals surface area contributed by atoms with Gasteiger partial charge < -0.3 is 4.42 Å². The molecule has 0 spiro atoms. The first-order chi connectivity index (χ1) is 7.59. The lowest BCUT2D eigenvalue weighted by Gasteiger charge is -2.16. The van der Waals surface area contributed by atoms with Crippen molar-refractivity contribution in [2.75, 3.05) is 13.1 Å². The second-order valence-corrected chi connectivity index (χ2v) is 5.26. The summed E-state index contributed by atoms with van der Waals surface area (Å²) in [5.41, 5.74) is 2.80. The van der Waals surface area contributed by atoms with Crippen molar-refractivity contribution in [3.8, 4) is 0 Å². The minimum absolute atomic E-state index is 0. The fourth-order valence-corrected chi connectivity index (χ4v) is 2.53. The van der Waals surface area contributed by atoms with Crippen LogP contribution in [-0.4, -0.2) is 18.0 Å². The van der Waals surface area contributed by atoms with E-state index in [9.17, 15) is 0 Å². The molecule has 2 rings (SSSR count). The molecule has 2 heterocycles. The van der Waals surface area contributed by atoms with E-state index < -0.39 is 0 Å². The fraction of sp³-hybridized carbons (Fsp3) is 0.714. The van der Waals surface area contributed by atoms with Crippen LogP contribution in [0.25, 0.3) is 0 Å². The van der Waals surface area contributed by atoms with Gasteiger partial charge in [-0.05, 0) is 45.3 Å². The van der Waals surface area contributed by atoms with Gasteiger partial charge in [-0.3, -0.25) is 4.90 Å². The standard InChI is InChI=1S/C14H23NO.ClH/c1-10(2)14-13(11(3)12(4)16-14)9-15-7-5-6-8-15;/h10H,5-9H2,1-4H3;1H. The molecule has 1 fully saturated rings. The highest BCUT2D eigenvalue weighted by Gasteiger charge is 2.20. The van der Waals surface area contributed by atoms with Crippen LogP contribution in [0.5, 0.6) is 0 Å². The van der Waals surface area contributed by atoms with Crippen LogP contribution in [0.15, 0.2) is 4.42 Å². The molecule has 0 radical (unpaired) electrons. The number of hydrogen-bond acceptors (Lipinski definition) is 2. The Kier molecular flexibility index (Phi) is 5.08. The van der Waals surface area contributed by atoms with Crippen LogP contribution in [0.4, 0.5) is 0 Å². The Morgan fingerprint density at radius 2 is 1.76 bits per heavy atom. The summed E-state index contributed by atoms with van der Waals surface area (Å²) in [6.07, 6.45) is 2.71. The molecular formula is C14H24ClNO. The van der Waals surface area contributed by atoms with Crippen LogP contribution in [-0.2, 0) is 6.54 Å². The van der Waals surface area contributed by atoms with Gasteiger partial charge in [-0.25, -0.2) is 0 Å². The molecule has 0 aromatic carbocycles. The Hall–Kier alpha value is -0.470. The second-order valence-electron chi connectivity index (χ2n) is 5.26. The van der Waals surface area contributed by atoms with Gasteiger partial charge in [0, 0.05) is 18.0 Å². The normalized spacial score (nSPS) is 16.5. The maximum absolute atomic E-state index is 5.89. The molecule has 1 aliphatic rings. The summed E-state index contributed by atoms with van der Waals surface area (Å²) in [5, 5.41) is 0. The number of furan rings is 1. The van der Waals surface area contributed by atoms with Crippen LogP contribution >= 0.6 is 12.4 Å². The Morgan fingerprint density at radius 3 is 2.29 bits per heavy atom. The summed E-state index contributed by atoms with van der Waals surface area (Å²) in [6, 6.07) is 0. The molecule has 17 heavy (non-hydrogen) atoms. The summed E-state index contributed by atoms with van der Waals surface area (Å²) < 4.78 is 5.89. The molecule has 1 aromatic rings. The molecule has 0 atom stereocenters. The molecule has 0 bridgehead atoms. The van der Waals surface area contributed by atoms with Gasteiger partial charge in [0.15, 0.2) is 0 Å². The summed E-state index contributed by atoms with van der Waals surface area (Å²) in [4.78, 5) is 2.54. The van der Waals surface area contributed by atoms with Crippen LogP contribution in [0.3, 0.4) is 0 Å². The summed E-state index contributed by atoms with van der Waals surface area (Å²) >= 11 is 0. The van der Waals surface area contributed by atoms with Crippen molar-refractivity contribution < 1.29 is 4.42 Å². The second kappa shape index (κ2) is 5.92. The van der Waals surface area contributed by atoms with E-state index in [1.54, 1.807) is 0 Å². The van der Waals surface area contributed by atoms with Crippen molar-refractivity contribution in [1.82, 2.24) is 4.90 Å². The minimum atomic E-state index is 0. The van der Waals surface area contributed by atoms with Gasteiger partial charge in [0.1, 0.15) is 11.5 Å². The van der Waals surface area contributed by atoms with Gasteiger partial charge in [-0.2, -0.15) is 0 Å². The van der Waals surface area contributed by atoms with E-state index in [1.165, 1.54) is 42.8 Å². The van der Waals surface area contributed by atoms with Crippen LogP contribution in [0, 0.1) is 13.8 Å². The average molecular weight is 258 g/mol. The van der Waals surface area contributed by atoms with Crippen LogP contribution in [0.2, 0.25) is 0 Å². The number of aryl methyl sites for hydroxylation is 1. The van der Waals surface area contributed by atoms with E-state index in [1.807, 2.05) is 0 Å². The Labute approximate surface area is 111 Å². The lowest BCUT2D eigenvalue weighted by molar-refractivity contribution is 0.325. The number of rotatable bonds is 3. The van der Waals surface area contributed by atoms with E-state index in [0.717, 1.165) is 12.3 Å². The average Bonchev–Trinajstić information content (AvgIpc) is 2.81. The summed E-state index contributed by atoms with van der Waals surface area (Å²) in [5.74, 6) is 2.78. The smallest absolute Gasteiger partial charge is 0.111 e. The molecule has 0 saturated carbocycles. The van der Waals surface area contributed by atoms with Gasteiger partial charge >= 0.3 is 0 Å². The van der Waals surface area contributed by atoms with Crippen molar-refractivity contribution in [2.45, 2.75) is 53.0 Å². The molecule has 0 aliphatic carbocycles. The molecule has 98 valence electrons. The monoisotopic (exact) mass is 257 g/mol. The van der Waals surface area contributed by atoms with Crippen molar-refractivity contribution in [2.24, 2.45) is 0 Å². The Bertz CT molecular complexity index is 365. The van der Waals surface area contributed by atoms with Crippen molar-refractivity contribution in [3.63, 3.8) is 0 Å². The number of halogens is 1. The first-order valence-corrected chi connectivity index (χ1v) is 6.40. The van der Waals surface area contributed by atoms with E-state index in [-0.39, 0.29) is 12.4 Å². The third-order valence-corrected chi connectivity index (χ3v) is 3.65. The third-order valence-electron chi connectivity index (χ3n) is 3.65. The molecule has 0 unspecified atom stereocenters. The lowest BCUT2D eigenvalue weighted by Crippen LogP contribution is -2.19. The molecule has 3 heteroatoms. The zero-order valence-corrected chi connectivity index (χ0v) is 12.2. The predicted octanol–water partition coefficient (Wildman–Crippen LogP) is 4.04. The van der Waals surface area contributed by atoms with E-state index >= 15 is 0 Å². The zero-order valence-electron chi connectivity index (χ0n) is 11.4. The van der Waals surface area contributed by atoms with Gasteiger partial charge in [0.25, 0.3) is 0 Å². The topological polar surface area (TPSA) is 16.4 Å². The first-order valence-electron chi connectivity index (χ1n) is 6.40.